The molecule has 1 fully saturated rings. The van der Waals surface area contributed by atoms with Crippen molar-refractivity contribution in [3.63, 3.8) is 0 Å². The molecule has 0 unspecified atom stereocenters. The number of aryl methyl sites for hydroxylation is 1. The summed E-state index contributed by atoms with van der Waals surface area (Å²) in [7, 11) is 0. The molecule has 2 heteroatoms. The van der Waals surface area contributed by atoms with E-state index in [0.717, 1.165) is 26.1 Å². The third kappa shape index (κ3) is 2.58. The lowest BCUT2D eigenvalue weighted by molar-refractivity contribution is 0.0764. The van der Waals surface area contributed by atoms with E-state index >= 15 is 0 Å². The number of rotatable bonds is 3. The summed E-state index contributed by atoms with van der Waals surface area (Å²) in [5, 5.41) is 0. The number of hydrogen-bond donors (Lipinski definition) is 1. The Kier molecular flexibility index (Phi) is 2.81. The van der Waals surface area contributed by atoms with Gasteiger partial charge in [-0.3, -0.25) is 4.90 Å². The first-order valence-corrected chi connectivity index (χ1v) is 5.68. The highest BCUT2D eigenvalue weighted by molar-refractivity contribution is 5.22. The maximum atomic E-state index is 5.97. The minimum absolute atomic E-state index is 0.0450. The summed E-state index contributed by atoms with van der Waals surface area (Å²) in [6.45, 7) is 7.37. The number of likely N-dealkylation sites (tertiary alicyclic amines) is 1. The molecule has 2 N–H and O–H groups in total. The van der Waals surface area contributed by atoms with Crippen LogP contribution in [0.15, 0.2) is 24.3 Å². The fourth-order valence-corrected chi connectivity index (χ4v) is 2.23. The highest BCUT2D eigenvalue weighted by Crippen LogP contribution is 2.20. The van der Waals surface area contributed by atoms with Crippen molar-refractivity contribution in [2.75, 3.05) is 13.1 Å². The van der Waals surface area contributed by atoms with Gasteiger partial charge in [-0.15, -0.1) is 0 Å². The molecule has 0 aliphatic carbocycles. The first-order chi connectivity index (χ1) is 7.09. The van der Waals surface area contributed by atoms with Crippen molar-refractivity contribution in [1.82, 2.24) is 4.90 Å². The molecule has 0 bridgehead atoms. The second-order valence-electron chi connectivity index (χ2n) is 4.97. The third-order valence-corrected chi connectivity index (χ3v) is 3.01. The molecule has 1 heterocycles. The van der Waals surface area contributed by atoms with E-state index < -0.39 is 0 Å². The first-order valence-electron chi connectivity index (χ1n) is 5.68. The van der Waals surface area contributed by atoms with Crippen LogP contribution in [0.1, 0.15) is 25.0 Å². The van der Waals surface area contributed by atoms with Gasteiger partial charge in [0.2, 0.25) is 0 Å². The Balaban J connectivity index is 1.89. The van der Waals surface area contributed by atoms with E-state index in [1.165, 1.54) is 11.1 Å². The molecule has 15 heavy (non-hydrogen) atoms. The zero-order valence-corrected chi connectivity index (χ0v) is 9.66. The molecule has 1 aliphatic heterocycles. The minimum atomic E-state index is 0.0450. The summed E-state index contributed by atoms with van der Waals surface area (Å²) >= 11 is 0. The Hall–Kier alpha value is -0.860. The van der Waals surface area contributed by atoms with Crippen LogP contribution in [0.3, 0.4) is 0 Å². The topological polar surface area (TPSA) is 29.3 Å². The van der Waals surface area contributed by atoms with Crippen molar-refractivity contribution in [1.29, 1.82) is 0 Å². The standard InChI is InChI=1S/C13H20N2/c1-3-11-4-6-12(7-5-11)8-15-9-13(2,14)10-15/h4-7H,3,8-10,14H2,1-2H3. The Morgan fingerprint density at radius 1 is 1.20 bits per heavy atom. The highest BCUT2D eigenvalue weighted by Gasteiger charge is 2.34. The van der Waals surface area contributed by atoms with E-state index in [-0.39, 0.29) is 5.54 Å². The normalized spacial score (nSPS) is 19.9. The number of hydrogen-bond acceptors (Lipinski definition) is 2. The van der Waals surface area contributed by atoms with Gasteiger partial charge in [-0.2, -0.15) is 0 Å². The largest absolute Gasteiger partial charge is 0.323 e. The Bertz CT molecular complexity index is 319. The van der Waals surface area contributed by atoms with Crippen LogP contribution in [0.4, 0.5) is 0 Å². The summed E-state index contributed by atoms with van der Waals surface area (Å²) in [6.07, 6.45) is 1.12. The summed E-state index contributed by atoms with van der Waals surface area (Å²) in [5.41, 5.74) is 8.81. The fraction of sp³-hybridized carbons (Fsp3) is 0.538. The molecule has 1 aromatic rings. The zero-order chi connectivity index (χ0) is 10.9. The van der Waals surface area contributed by atoms with Gasteiger partial charge < -0.3 is 5.73 Å². The van der Waals surface area contributed by atoms with E-state index in [4.69, 9.17) is 5.73 Å². The fourth-order valence-electron chi connectivity index (χ4n) is 2.23. The van der Waals surface area contributed by atoms with Crippen LogP contribution >= 0.6 is 0 Å². The van der Waals surface area contributed by atoms with Crippen LogP contribution in [-0.4, -0.2) is 23.5 Å². The predicted molar refractivity (Wildman–Crippen MR) is 63.7 cm³/mol. The second-order valence-corrected chi connectivity index (χ2v) is 4.97. The lowest BCUT2D eigenvalue weighted by Gasteiger charge is -2.45. The summed E-state index contributed by atoms with van der Waals surface area (Å²) in [6, 6.07) is 8.89. The average molecular weight is 204 g/mol. The van der Waals surface area contributed by atoms with Gasteiger partial charge in [0.15, 0.2) is 0 Å². The Morgan fingerprint density at radius 2 is 1.73 bits per heavy atom. The van der Waals surface area contributed by atoms with Gasteiger partial charge in [0.25, 0.3) is 0 Å². The molecule has 0 saturated carbocycles. The summed E-state index contributed by atoms with van der Waals surface area (Å²) in [4.78, 5) is 2.39. The summed E-state index contributed by atoms with van der Waals surface area (Å²) in [5.74, 6) is 0. The van der Waals surface area contributed by atoms with E-state index in [1.54, 1.807) is 0 Å². The van der Waals surface area contributed by atoms with Gasteiger partial charge in [-0.05, 0) is 24.5 Å². The van der Waals surface area contributed by atoms with Crippen molar-refractivity contribution >= 4 is 0 Å². The van der Waals surface area contributed by atoms with E-state index in [1.807, 2.05) is 0 Å². The molecule has 0 aromatic heterocycles. The molecule has 1 aromatic carbocycles. The van der Waals surface area contributed by atoms with Crippen LogP contribution in [0.5, 0.6) is 0 Å². The highest BCUT2D eigenvalue weighted by atomic mass is 15.2. The molecule has 0 radical (unpaired) electrons. The van der Waals surface area contributed by atoms with Gasteiger partial charge in [0, 0.05) is 25.2 Å². The average Bonchev–Trinajstić information content (AvgIpc) is 2.16. The molecule has 0 atom stereocenters. The van der Waals surface area contributed by atoms with Gasteiger partial charge in [0.05, 0.1) is 0 Å². The molecular formula is C13H20N2. The van der Waals surface area contributed by atoms with Crippen LogP contribution < -0.4 is 5.73 Å². The molecule has 2 rings (SSSR count). The van der Waals surface area contributed by atoms with Gasteiger partial charge in [0.1, 0.15) is 0 Å². The summed E-state index contributed by atoms with van der Waals surface area (Å²) < 4.78 is 0. The molecule has 1 saturated heterocycles. The Labute approximate surface area is 92.1 Å². The Morgan fingerprint density at radius 3 is 2.20 bits per heavy atom. The zero-order valence-electron chi connectivity index (χ0n) is 9.66. The van der Waals surface area contributed by atoms with Crippen LogP contribution in [0, 0.1) is 0 Å². The number of benzene rings is 1. The lowest BCUT2D eigenvalue weighted by Crippen LogP contribution is -2.64. The van der Waals surface area contributed by atoms with E-state index in [2.05, 4.69) is 43.0 Å². The first kappa shape index (κ1) is 10.7. The number of nitrogens with zero attached hydrogens (tertiary/aromatic N) is 1. The van der Waals surface area contributed by atoms with Gasteiger partial charge in [-0.25, -0.2) is 0 Å². The maximum Gasteiger partial charge on any atom is 0.0384 e. The van der Waals surface area contributed by atoms with E-state index in [9.17, 15) is 0 Å². The molecule has 2 nitrogen and oxygen atoms in total. The van der Waals surface area contributed by atoms with Crippen molar-refractivity contribution in [2.45, 2.75) is 32.4 Å². The molecule has 0 amide bonds. The monoisotopic (exact) mass is 204 g/mol. The predicted octanol–water partition coefficient (Wildman–Crippen LogP) is 1.78. The van der Waals surface area contributed by atoms with Crippen LogP contribution in [0.2, 0.25) is 0 Å². The number of nitrogens with two attached hydrogens (primary N) is 1. The van der Waals surface area contributed by atoms with Crippen LogP contribution in [-0.2, 0) is 13.0 Å². The van der Waals surface area contributed by atoms with Crippen molar-refractivity contribution in [2.24, 2.45) is 5.73 Å². The second kappa shape index (κ2) is 3.95. The lowest BCUT2D eigenvalue weighted by atomic mass is 9.93. The SMILES string of the molecule is CCc1ccc(CN2CC(C)(N)C2)cc1. The molecular weight excluding hydrogens is 184 g/mol. The third-order valence-electron chi connectivity index (χ3n) is 3.01. The van der Waals surface area contributed by atoms with Gasteiger partial charge in [-0.1, -0.05) is 31.2 Å². The van der Waals surface area contributed by atoms with E-state index in [0.29, 0.717) is 0 Å². The van der Waals surface area contributed by atoms with Gasteiger partial charge >= 0.3 is 0 Å². The maximum absolute atomic E-state index is 5.97. The smallest absolute Gasteiger partial charge is 0.0384 e. The van der Waals surface area contributed by atoms with Crippen LogP contribution in [0.25, 0.3) is 0 Å². The molecule has 0 spiro atoms. The van der Waals surface area contributed by atoms with Crippen molar-refractivity contribution in [3.05, 3.63) is 35.4 Å². The van der Waals surface area contributed by atoms with Crippen molar-refractivity contribution < 1.29 is 0 Å². The quantitative estimate of drug-likeness (QED) is 0.813. The van der Waals surface area contributed by atoms with Crippen molar-refractivity contribution in [3.8, 4) is 0 Å². The minimum Gasteiger partial charge on any atom is -0.323 e. The molecule has 82 valence electrons. The molecule has 1 aliphatic rings.